The molecule has 1 aromatic rings. The molecule has 1 rings (SSSR count). The molecule has 0 heterocycles. The molecule has 0 aliphatic carbocycles. The van der Waals surface area contributed by atoms with E-state index in [0.29, 0.717) is 6.54 Å². The number of nitrogens with one attached hydrogen (secondary N) is 1. The zero-order valence-corrected chi connectivity index (χ0v) is 11.5. The molecule has 0 atom stereocenters. The second kappa shape index (κ2) is 6.29. The van der Waals surface area contributed by atoms with E-state index in [4.69, 9.17) is 5.73 Å². The minimum Gasteiger partial charge on any atom is -0.378 e. The number of rotatable bonds is 7. The maximum absolute atomic E-state index is 11.0. The number of non-ortho nitro benzene ring substituents is 1. The Bertz CT molecular complexity index is 514. The summed E-state index contributed by atoms with van der Waals surface area (Å²) in [5, 5.41) is 24.5. The van der Waals surface area contributed by atoms with Gasteiger partial charge >= 0.3 is 0 Å². The van der Waals surface area contributed by atoms with Gasteiger partial charge in [0.2, 0.25) is 0 Å². The summed E-state index contributed by atoms with van der Waals surface area (Å²) in [5.74, 6) is 0. The first-order valence-corrected chi connectivity index (χ1v) is 6.28. The number of nitrogens with zero attached hydrogens (tertiary/aromatic N) is 2. The Hall–Kier alpha value is -2.22. The maximum atomic E-state index is 11.0. The van der Waals surface area contributed by atoms with E-state index in [1.807, 2.05) is 13.8 Å². The summed E-state index contributed by atoms with van der Waals surface area (Å²) in [6.07, 6.45) is 1.44. The molecule has 0 unspecified atom stereocenters. The molecular weight excluding hydrogens is 264 g/mol. The lowest BCUT2D eigenvalue weighted by Gasteiger charge is -2.27. The molecule has 3 N–H and O–H groups in total. The largest absolute Gasteiger partial charge is 0.378 e. The van der Waals surface area contributed by atoms with Gasteiger partial charge < -0.3 is 11.1 Å². The summed E-state index contributed by atoms with van der Waals surface area (Å²) in [5.41, 5.74) is 5.24. The van der Waals surface area contributed by atoms with Crippen molar-refractivity contribution in [3.8, 4) is 0 Å². The predicted molar refractivity (Wildman–Crippen MR) is 75.7 cm³/mol. The van der Waals surface area contributed by atoms with Gasteiger partial charge in [-0.3, -0.25) is 20.2 Å². The molecule has 20 heavy (non-hydrogen) atoms. The third-order valence-corrected chi connectivity index (χ3v) is 3.43. The highest BCUT2D eigenvalue weighted by molar-refractivity contribution is 5.65. The van der Waals surface area contributed by atoms with Crippen LogP contribution in [0.15, 0.2) is 18.2 Å². The van der Waals surface area contributed by atoms with Crippen molar-refractivity contribution in [1.29, 1.82) is 0 Å². The van der Waals surface area contributed by atoms with Crippen LogP contribution in [0.5, 0.6) is 0 Å². The molecule has 0 aliphatic heterocycles. The normalized spacial score (nSPS) is 11.2. The SMILES string of the molecule is CCC(N)(CC)CNc1ccc([N+](=O)[O-])cc1[N+](=O)[O-]. The third-order valence-electron chi connectivity index (χ3n) is 3.43. The van der Waals surface area contributed by atoms with Crippen LogP contribution in [0.4, 0.5) is 17.1 Å². The summed E-state index contributed by atoms with van der Waals surface area (Å²) in [4.78, 5) is 20.3. The van der Waals surface area contributed by atoms with Crippen LogP contribution in [0.3, 0.4) is 0 Å². The van der Waals surface area contributed by atoms with Crippen LogP contribution >= 0.6 is 0 Å². The fourth-order valence-corrected chi connectivity index (χ4v) is 1.71. The van der Waals surface area contributed by atoms with Gasteiger partial charge in [0.1, 0.15) is 5.69 Å². The maximum Gasteiger partial charge on any atom is 0.299 e. The van der Waals surface area contributed by atoms with E-state index in [9.17, 15) is 20.2 Å². The van der Waals surface area contributed by atoms with Crippen LogP contribution in [-0.2, 0) is 0 Å². The van der Waals surface area contributed by atoms with Crippen LogP contribution in [0.25, 0.3) is 0 Å². The van der Waals surface area contributed by atoms with Crippen molar-refractivity contribution in [3.63, 3.8) is 0 Å². The van der Waals surface area contributed by atoms with Gasteiger partial charge in [0.15, 0.2) is 0 Å². The van der Waals surface area contributed by atoms with E-state index in [0.717, 1.165) is 18.9 Å². The molecule has 0 fully saturated rings. The standard InChI is InChI=1S/C12H18N4O4/c1-3-12(13,4-2)8-14-10-6-5-9(15(17)18)7-11(10)16(19)20/h5-7,14H,3-4,8,13H2,1-2H3. The molecule has 8 nitrogen and oxygen atoms in total. The van der Waals surface area contributed by atoms with E-state index in [1.165, 1.54) is 12.1 Å². The van der Waals surface area contributed by atoms with Crippen molar-refractivity contribution < 1.29 is 9.85 Å². The smallest absolute Gasteiger partial charge is 0.299 e. The van der Waals surface area contributed by atoms with Crippen molar-refractivity contribution in [2.45, 2.75) is 32.2 Å². The summed E-state index contributed by atoms with van der Waals surface area (Å²) in [7, 11) is 0. The van der Waals surface area contributed by atoms with E-state index < -0.39 is 15.4 Å². The molecule has 0 spiro atoms. The fraction of sp³-hybridized carbons (Fsp3) is 0.500. The molecule has 110 valence electrons. The molecule has 0 bridgehead atoms. The highest BCUT2D eigenvalue weighted by Crippen LogP contribution is 2.29. The molecule has 8 heteroatoms. The minimum atomic E-state index is -0.665. The highest BCUT2D eigenvalue weighted by atomic mass is 16.6. The fourth-order valence-electron chi connectivity index (χ4n) is 1.71. The topological polar surface area (TPSA) is 124 Å². The Morgan fingerprint density at radius 3 is 2.25 bits per heavy atom. The van der Waals surface area contributed by atoms with Crippen LogP contribution in [0.2, 0.25) is 0 Å². The molecule has 1 aromatic carbocycles. The number of hydrogen-bond donors (Lipinski definition) is 2. The zero-order valence-electron chi connectivity index (χ0n) is 11.5. The Morgan fingerprint density at radius 1 is 1.20 bits per heavy atom. The number of benzene rings is 1. The first-order chi connectivity index (χ1) is 9.33. The minimum absolute atomic E-state index is 0.234. The molecule has 0 saturated heterocycles. The summed E-state index contributed by atoms with van der Waals surface area (Å²) in [6, 6.07) is 3.51. The van der Waals surface area contributed by atoms with E-state index in [-0.39, 0.29) is 17.1 Å². The number of nitro benzene ring substituents is 2. The number of anilines is 1. The lowest BCUT2D eigenvalue weighted by atomic mass is 9.94. The average Bonchev–Trinajstić information content (AvgIpc) is 2.44. The molecule has 0 aliphatic rings. The van der Waals surface area contributed by atoms with E-state index in [1.54, 1.807) is 0 Å². The van der Waals surface area contributed by atoms with Crippen LogP contribution < -0.4 is 11.1 Å². The van der Waals surface area contributed by atoms with Gasteiger partial charge in [-0.15, -0.1) is 0 Å². The monoisotopic (exact) mass is 282 g/mol. The van der Waals surface area contributed by atoms with Crippen LogP contribution in [-0.4, -0.2) is 21.9 Å². The van der Waals surface area contributed by atoms with Gasteiger partial charge in [-0.25, -0.2) is 0 Å². The second-order valence-corrected chi connectivity index (χ2v) is 4.64. The quantitative estimate of drug-likeness (QED) is 0.584. The summed E-state index contributed by atoms with van der Waals surface area (Å²) >= 11 is 0. The Balaban J connectivity index is 3.01. The lowest BCUT2D eigenvalue weighted by molar-refractivity contribution is -0.393. The van der Waals surface area contributed by atoms with Gasteiger partial charge in [-0.2, -0.15) is 0 Å². The summed E-state index contributed by atoms with van der Waals surface area (Å²) < 4.78 is 0. The van der Waals surface area contributed by atoms with Crippen LogP contribution in [0.1, 0.15) is 26.7 Å². The van der Waals surface area contributed by atoms with Crippen LogP contribution in [0, 0.1) is 20.2 Å². The number of hydrogen-bond acceptors (Lipinski definition) is 6. The summed E-state index contributed by atoms with van der Waals surface area (Å²) in [6.45, 7) is 4.24. The molecule has 0 aromatic heterocycles. The van der Waals surface area contributed by atoms with Crippen molar-refractivity contribution >= 4 is 17.1 Å². The molecule has 0 saturated carbocycles. The Morgan fingerprint density at radius 2 is 1.80 bits per heavy atom. The predicted octanol–water partition coefficient (Wildman–Crippen LogP) is 2.43. The van der Waals surface area contributed by atoms with E-state index >= 15 is 0 Å². The second-order valence-electron chi connectivity index (χ2n) is 4.64. The average molecular weight is 282 g/mol. The van der Waals surface area contributed by atoms with Gasteiger partial charge in [-0.05, 0) is 18.9 Å². The molecule has 0 radical (unpaired) electrons. The Labute approximate surface area is 116 Å². The lowest BCUT2D eigenvalue weighted by Crippen LogP contribution is -2.45. The third kappa shape index (κ3) is 3.64. The van der Waals surface area contributed by atoms with Gasteiger partial charge in [0.05, 0.1) is 15.9 Å². The van der Waals surface area contributed by atoms with Gasteiger partial charge in [0, 0.05) is 18.2 Å². The number of nitrogens with two attached hydrogens (primary N) is 1. The first kappa shape index (κ1) is 15.8. The Kier molecular flexibility index (Phi) is 4.98. The van der Waals surface area contributed by atoms with Crippen molar-refractivity contribution in [3.05, 3.63) is 38.4 Å². The van der Waals surface area contributed by atoms with Crippen molar-refractivity contribution in [1.82, 2.24) is 0 Å². The first-order valence-electron chi connectivity index (χ1n) is 6.28. The van der Waals surface area contributed by atoms with Crippen molar-refractivity contribution in [2.24, 2.45) is 5.73 Å². The van der Waals surface area contributed by atoms with Gasteiger partial charge in [0.25, 0.3) is 11.4 Å². The van der Waals surface area contributed by atoms with Crippen molar-refractivity contribution in [2.75, 3.05) is 11.9 Å². The number of nitro groups is 2. The molecular formula is C12H18N4O4. The zero-order chi connectivity index (χ0) is 15.3. The highest BCUT2D eigenvalue weighted by Gasteiger charge is 2.23. The van der Waals surface area contributed by atoms with E-state index in [2.05, 4.69) is 5.32 Å². The molecule has 0 amide bonds. The van der Waals surface area contributed by atoms with Gasteiger partial charge in [-0.1, -0.05) is 13.8 Å².